The summed E-state index contributed by atoms with van der Waals surface area (Å²) in [4.78, 5) is 12.1. The molecule has 0 saturated carbocycles. The molecule has 4 heteroatoms. The van der Waals surface area contributed by atoms with Gasteiger partial charge in [-0.1, -0.05) is 23.7 Å². The molecule has 0 aliphatic heterocycles. The maximum atomic E-state index is 12.1. The highest BCUT2D eigenvalue weighted by atomic mass is 35.5. The van der Waals surface area contributed by atoms with Crippen LogP contribution in [0.1, 0.15) is 21.6 Å². The summed E-state index contributed by atoms with van der Waals surface area (Å²) in [5.74, 6) is -0.0967. The molecule has 0 aliphatic carbocycles. The number of rotatable bonds is 2. The molecule has 0 N–H and O–H groups in total. The van der Waals surface area contributed by atoms with Crippen molar-refractivity contribution in [2.75, 3.05) is 0 Å². The van der Waals surface area contributed by atoms with Crippen molar-refractivity contribution in [1.82, 2.24) is 9.78 Å². The van der Waals surface area contributed by atoms with Gasteiger partial charge in [0.25, 0.3) is 0 Å². The lowest BCUT2D eigenvalue weighted by Crippen LogP contribution is -2.05. The molecular weight excluding hydrogens is 224 g/mol. The minimum Gasteiger partial charge on any atom is -0.287 e. The first kappa shape index (κ1) is 10.9. The molecule has 1 aromatic carbocycles. The van der Waals surface area contributed by atoms with E-state index in [-0.39, 0.29) is 5.78 Å². The molecule has 0 unspecified atom stereocenters. The summed E-state index contributed by atoms with van der Waals surface area (Å²) in [6.45, 7) is 1.83. The summed E-state index contributed by atoms with van der Waals surface area (Å²) in [5.41, 5.74) is 1.83. The molecule has 0 saturated heterocycles. The number of hydrogen-bond acceptors (Lipinski definition) is 2. The molecule has 1 aromatic heterocycles. The van der Waals surface area contributed by atoms with Gasteiger partial charge in [0.15, 0.2) is 0 Å². The van der Waals surface area contributed by atoms with Gasteiger partial charge in [0.05, 0.1) is 0 Å². The maximum absolute atomic E-state index is 12.1. The van der Waals surface area contributed by atoms with E-state index in [9.17, 15) is 4.79 Å². The van der Waals surface area contributed by atoms with Crippen molar-refractivity contribution in [3.8, 4) is 0 Å². The van der Waals surface area contributed by atoms with Crippen LogP contribution in [0.2, 0.25) is 5.02 Å². The van der Waals surface area contributed by atoms with E-state index in [4.69, 9.17) is 11.6 Å². The molecule has 0 fully saturated rings. The number of ketones is 1. The normalized spacial score (nSPS) is 10.4. The van der Waals surface area contributed by atoms with E-state index in [2.05, 4.69) is 5.10 Å². The van der Waals surface area contributed by atoms with Gasteiger partial charge in [-0.05, 0) is 24.6 Å². The van der Waals surface area contributed by atoms with Gasteiger partial charge in [-0.15, -0.1) is 0 Å². The van der Waals surface area contributed by atoms with E-state index in [1.54, 1.807) is 42.2 Å². The van der Waals surface area contributed by atoms with Gasteiger partial charge >= 0.3 is 0 Å². The Hall–Kier alpha value is -1.61. The van der Waals surface area contributed by atoms with E-state index >= 15 is 0 Å². The number of hydrogen-bond donors (Lipinski definition) is 0. The van der Waals surface area contributed by atoms with Crippen LogP contribution in [-0.2, 0) is 7.05 Å². The SMILES string of the molecule is Cc1c(Cl)cccc1C(=O)c1ccn(C)n1. The summed E-state index contributed by atoms with van der Waals surface area (Å²) < 4.78 is 1.60. The summed E-state index contributed by atoms with van der Waals surface area (Å²) in [7, 11) is 1.78. The van der Waals surface area contributed by atoms with E-state index in [1.165, 1.54) is 0 Å². The molecule has 0 aliphatic rings. The Morgan fingerprint density at radius 3 is 2.75 bits per heavy atom. The van der Waals surface area contributed by atoms with Gasteiger partial charge < -0.3 is 0 Å². The zero-order valence-electron chi connectivity index (χ0n) is 9.07. The molecule has 0 atom stereocenters. The Kier molecular flexibility index (Phi) is 2.79. The van der Waals surface area contributed by atoms with E-state index in [0.717, 1.165) is 5.56 Å². The molecule has 1 heterocycles. The Balaban J connectivity index is 2.45. The number of aromatic nitrogens is 2. The summed E-state index contributed by atoms with van der Waals surface area (Å²) in [6.07, 6.45) is 1.74. The fourth-order valence-corrected chi connectivity index (χ4v) is 1.70. The maximum Gasteiger partial charge on any atom is 0.213 e. The Bertz CT molecular complexity index is 546. The predicted octanol–water partition coefficient (Wildman–Crippen LogP) is 2.61. The van der Waals surface area contributed by atoms with Crippen LogP contribution in [0.15, 0.2) is 30.5 Å². The van der Waals surface area contributed by atoms with Crippen LogP contribution in [0.25, 0.3) is 0 Å². The lowest BCUT2D eigenvalue weighted by molar-refractivity contribution is 0.103. The fraction of sp³-hybridized carbons (Fsp3) is 0.167. The van der Waals surface area contributed by atoms with Crippen LogP contribution in [-0.4, -0.2) is 15.6 Å². The second-order valence-corrected chi connectivity index (χ2v) is 4.02. The van der Waals surface area contributed by atoms with Crippen molar-refractivity contribution < 1.29 is 4.79 Å². The molecule has 0 spiro atoms. The first-order chi connectivity index (χ1) is 7.59. The number of carbonyl (C=O) groups excluding carboxylic acids is 1. The van der Waals surface area contributed by atoms with Crippen molar-refractivity contribution in [3.05, 3.63) is 52.3 Å². The van der Waals surface area contributed by atoms with Crippen LogP contribution in [0, 0.1) is 6.92 Å². The third-order valence-corrected chi connectivity index (χ3v) is 2.87. The number of nitrogens with zero attached hydrogens (tertiary/aromatic N) is 2. The minimum atomic E-state index is -0.0967. The highest BCUT2D eigenvalue weighted by Crippen LogP contribution is 2.20. The number of aryl methyl sites for hydroxylation is 1. The molecule has 2 rings (SSSR count). The van der Waals surface area contributed by atoms with Crippen LogP contribution in [0.3, 0.4) is 0 Å². The molecule has 16 heavy (non-hydrogen) atoms. The second-order valence-electron chi connectivity index (χ2n) is 3.62. The largest absolute Gasteiger partial charge is 0.287 e. The van der Waals surface area contributed by atoms with E-state index in [0.29, 0.717) is 16.3 Å². The average molecular weight is 235 g/mol. The molecule has 0 bridgehead atoms. The molecule has 0 radical (unpaired) electrons. The summed E-state index contributed by atoms with van der Waals surface area (Å²) in [5, 5.41) is 4.68. The summed E-state index contributed by atoms with van der Waals surface area (Å²) >= 11 is 5.97. The van der Waals surface area contributed by atoms with Gasteiger partial charge in [0.1, 0.15) is 5.69 Å². The number of carbonyl (C=O) groups is 1. The van der Waals surface area contributed by atoms with Crippen molar-refractivity contribution >= 4 is 17.4 Å². The Labute approximate surface area is 98.7 Å². The monoisotopic (exact) mass is 234 g/mol. The third kappa shape index (κ3) is 1.86. The highest BCUT2D eigenvalue weighted by Gasteiger charge is 2.15. The molecular formula is C12H11ClN2O. The van der Waals surface area contributed by atoms with Gasteiger partial charge in [0, 0.05) is 23.8 Å². The smallest absolute Gasteiger partial charge is 0.213 e. The molecule has 3 nitrogen and oxygen atoms in total. The highest BCUT2D eigenvalue weighted by molar-refractivity contribution is 6.32. The van der Waals surface area contributed by atoms with Gasteiger partial charge in [-0.3, -0.25) is 9.48 Å². The number of benzene rings is 1. The third-order valence-electron chi connectivity index (χ3n) is 2.46. The van der Waals surface area contributed by atoms with Crippen LogP contribution < -0.4 is 0 Å². The van der Waals surface area contributed by atoms with Gasteiger partial charge in [-0.25, -0.2) is 0 Å². The van der Waals surface area contributed by atoms with Crippen LogP contribution in [0.4, 0.5) is 0 Å². The number of halogens is 1. The summed E-state index contributed by atoms with van der Waals surface area (Å²) in [6, 6.07) is 7.00. The van der Waals surface area contributed by atoms with Crippen LogP contribution in [0.5, 0.6) is 0 Å². The lowest BCUT2D eigenvalue weighted by Gasteiger charge is -2.04. The van der Waals surface area contributed by atoms with E-state index < -0.39 is 0 Å². The topological polar surface area (TPSA) is 34.9 Å². The zero-order chi connectivity index (χ0) is 11.7. The standard InChI is InChI=1S/C12H11ClN2O/c1-8-9(4-3-5-10(8)13)12(16)11-6-7-15(2)14-11/h3-7H,1-2H3. The van der Waals surface area contributed by atoms with Gasteiger partial charge in [0.2, 0.25) is 5.78 Å². The van der Waals surface area contributed by atoms with Crippen molar-refractivity contribution in [3.63, 3.8) is 0 Å². The van der Waals surface area contributed by atoms with Crippen molar-refractivity contribution in [2.24, 2.45) is 7.05 Å². The Morgan fingerprint density at radius 2 is 2.12 bits per heavy atom. The first-order valence-corrected chi connectivity index (χ1v) is 5.27. The molecule has 0 amide bonds. The van der Waals surface area contributed by atoms with Crippen molar-refractivity contribution in [2.45, 2.75) is 6.92 Å². The molecule has 82 valence electrons. The predicted molar refractivity (Wildman–Crippen MR) is 62.8 cm³/mol. The quantitative estimate of drug-likeness (QED) is 0.749. The molecule has 2 aromatic rings. The first-order valence-electron chi connectivity index (χ1n) is 4.89. The van der Waals surface area contributed by atoms with E-state index in [1.807, 2.05) is 6.92 Å². The Morgan fingerprint density at radius 1 is 1.38 bits per heavy atom. The van der Waals surface area contributed by atoms with Gasteiger partial charge in [-0.2, -0.15) is 5.10 Å². The minimum absolute atomic E-state index is 0.0967. The average Bonchev–Trinajstić information content (AvgIpc) is 2.68. The van der Waals surface area contributed by atoms with Crippen LogP contribution >= 0.6 is 11.6 Å². The lowest BCUT2D eigenvalue weighted by atomic mass is 10.0. The second kappa shape index (κ2) is 4.10. The zero-order valence-corrected chi connectivity index (χ0v) is 9.82. The fourth-order valence-electron chi connectivity index (χ4n) is 1.53. The van der Waals surface area contributed by atoms with Crippen molar-refractivity contribution in [1.29, 1.82) is 0 Å².